The molecule has 0 bridgehead atoms. The van der Waals surface area contributed by atoms with Crippen LogP contribution in [0.4, 0.5) is 0 Å². The Kier molecular flexibility index (Phi) is 6.74. The molecule has 0 radical (unpaired) electrons. The van der Waals surface area contributed by atoms with Gasteiger partial charge >= 0.3 is 0 Å². The van der Waals surface area contributed by atoms with E-state index in [9.17, 15) is 0 Å². The number of hydrogen-bond acceptors (Lipinski definition) is 5. The number of rotatable bonds is 10. The molecular weight excluding hydrogens is 298 g/mol. The van der Waals surface area contributed by atoms with E-state index in [0.717, 1.165) is 35.5 Å². The van der Waals surface area contributed by atoms with Crippen molar-refractivity contribution in [3.05, 3.63) is 31.1 Å². The van der Waals surface area contributed by atoms with E-state index < -0.39 is 0 Å². The topological polar surface area (TPSA) is 53.1 Å². The molecule has 22 heavy (non-hydrogen) atoms. The van der Waals surface area contributed by atoms with Gasteiger partial charge in [0.2, 0.25) is 5.82 Å². The van der Waals surface area contributed by atoms with Gasteiger partial charge in [-0.1, -0.05) is 31.7 Å². The van der Waals surface area contributed by atoms with Crippen LogP contribution in [0.15, 0.2) is 40.6 Å². The van der Waals surface area contributed by atoms with Gasteiger partial charge < -0.3 is 9.15 Å². The molecule has 0 atom stereocenters. The first-order valence-electron chi connectivity index (χ1n) is 7.51. The zero-order valence-corrected chi connectivity index (χ0v) is 14.0. The monoisotopic (exact) mass is 321 g/mol. The van der Waals surface area contributed by atoms with E-state index in [4.69, 9.17) is 9.15 Å². The second-order valence-corrected chi connectivity index (χ2v) is 6.39. The number of ether oxygens (including phenoxy) is 1. The normalized spacial score (nSPS) is 11.2. The summed E-state index contributed by atoms with van der Waals surface area (Å²) in [6, 6.07) is 3.73. The van der Waals surface area contributed by atoms with Gasteiger partial charge in [0.1, 0.15) is 0 Å². The van der Waals surface area contributed by atoms with Gasteiger partial charge in [-0.3, -0.25) is 4.57 Å². The van der Waals surface area contributed by atoms with Crippen molar-refractivity contribution in [2.75, 3.05) is 19.0 Å². The van der Waals surface area contributed by atoms with Crippen molar-refractivity contribution in [1.29, 1.82) is 0 Å². The maximum atomic E-state index is 5.63. The van der Waals surface area contributed by atoms with Crippen LogP contribution in [0.2, 0.25) is 0 Å². The van der Waals surface area contributed by atoms with Crippen LogP contribution in [0.25, 0.3) is 11.6 Å². The van der Waals surface area contributed by atoms with Gasteiger partial charge in [-0.2, -0.15) is 0 Å². The number of allylic oxidation sites excluding steroid dienone is 1. The second kappa shape index (κ2) is 8.80. The van der Waals surface area contributed by atoms with Crippen molar-refractivity contribution in [2.24, 2.45) is 5.92 Å². The summed E-state index contributed by atoms with van der Waals surface area (Å²) in [6.45, 7) is 10.4. The van der Waals surface area contributed by atoms with Crippen LogP contribution in [0, 0.1) is 5.92 Å². The van der Waals surface area contributed by atoms with E-state index in [1.54, 1.807) is 18.0 Å². The maximum absolute atomic E-state index is 5.63. The zero-order valence-electron chi connectivity index (χ0n) is 13.2. The highest BCUT2D eigenvalue weighted by Crippen LogP contribution is 2.24. The van der Waals surface area contributed by atoms with E-state index in [0.29, 0.717) is 19.1 Å². The van der Waals surface area contributed by atoms with Crippen molar-refractivity contribution in [3.63, 3.8) is 0 Å². The minimum absolute atomic E-state index is 0.652. The molecule has 0 aliphatic rings. The van der Waals surface area contributed by atoms with Crippen LogP contribution in [-0.2, 0) is 11.3 Å². The molecule has 0 spiro atoms. The smallest absolute Gasteiger partial charge is 0.200 e. The van der Waals surface area contributed by atoms with Crippen LogP contribution >= 0.6 is 11.8 Å². The standard InChI is InChI=1S/C16H23N3O2S/c1-4-8-19-15(14-6-5-9-21-14)17-18-16(19)22-12-11-20-10-7-13(2)3/h4-6,9,13H,1,7-8,10-12H2,2-3H3. The summed E-state index contributed by atoms with van der Waals surface area (Å²) in [7, 11) is 0. The van der Waals surface area contributed by atoms with Gasteiger partial charge in [0.25, 0.3) is 0 Å². The molecule has 0 N–H and O–H groups in total. The molecule has 2 aromatic rings. The highest BCUT2D eigenvalue weighted by atomic mass is 32.2. The first-order chi connectivity index (χ1) is 10.7. The van der Waals surface area contributed by atoms with Gasteiger partial charge in [-0.25, -0.2) is 0 Å². The Hall–Kier alpha value is -1.53. The molecule has 0 fully saturated rings. The number of hydrogen-bond donors (Lipinski definition) is 0. The Bertz CT molecular complexity index is 564. The lowest BCUT2D eigenvalue weighted by molar-refractivity contribution is 0.138. The predicted octanol–water partition coefficient (Wildman–Crippen LogP) is 3.88. The molecule has 0 aliphatic heterocycles. The van der Waals surface area contributed by atoms with E-state index >= 15 is 0 Å². The number of thioether (sulfide) groups is 1. The first kappa shape index (κ1) is 16.8. The van der Waals surface area contributed by atoms with Gasteiger partial charge in [0.05, 0.1) is 12.9 Å². The van der Waals surface area contributed by atoms with E-state index in [-0.39, 0.29) is 0 Å². The second-order valence-electron chi connectivity index (χ2n) is 5.33. The van der Waals surface area contributed by atoms with E-state index in [1.165, 1.54) is 0 Å². The molecule has 2 aromatic heterocycles. The van der Waals surface area contributed by atoms with Crippen LogP contribution in [0.5, 0.6) is 0 Å². The van der Waals surface area contributed by atoms with Gasteiger partial charge in [-0.05, 0) is 24.5 Å². The fraction of sp³-hybridized carbons (Fsp3) is 0.500. The Morgan fingerprint density at radius 3 is 2.95 bits per heavy atom. The van der Waals surface area contributed by atoms with Crippen molar-refractivity contribution in [2.45, 2.75) is 32.0 Å². The quantitative estimate of drug-likeness (QED) is 0.377. The fourth-order valence-electron chi connectivity index (χ4n) is 1.89. The van der Waals surface area contributed by atoms with Gasteiger partial charge in [0, 0.05) is 18.9 Å². The lowest BCUT2D eigenvalue weighted by Gasteiger charge is -2.07. The fourth-order valence-corrected chi connectivity index (χ4v) is 2.69. The van der Waals surface area contributed by atoms with Crippen molar-refractivity contribution in [1.82, 2.24) is 14.8 Å². The third kappa shape index (κ3) is 4.74. The van der Waals surface area contributed by atoms with Gasteiger partial charge in [-0.15, -0.1) is 16.8 Å². The predicted molar refractivity (Wildman–Crippen MR) is 88.9 cm³/mol. The Balaban J connectivity index is 1.89. The molecule has 0 saturated heterocycles. The zero-order chi connectivity index (χ0) is 15.8. The molecular formula is C16H23N3O2S. The van der Waals surface area contributed by atoms with Crippen LogP contribution in [0.1, 0.15) is 20.3 Å². The van der Waals surface area contributed by atoms with Crippen molar-refractivity contribution >= 4 is 11.8 Å². The first-order valence-corrected chi connectivity index (χ1v) is 8.49. The average Bonchev–Trinajstić information content (AvgIpc) is 3.12. The molecule has 2 rings (SSSR count). The molecule has 5 nitrogen and oxygen atoms in total. The number of nitrogens with zero attached hydrogens (tertiary/aromatic N) is 3. The lowest BCUT2D eigenvalue weighted by Crippen LogP contribution is -2.04. The van der Waals surface area contributed by atoms with Crippen LogP contribution < -0.4 is 0 Å². The highest BCUT2D eigenvalue weighted by molar-refractivity contribution is 7.99. The molecule has 0 amide bonds. The summed E-state index contributed by atoms with van der Waals surface area (Å²) in [4.78, 5) is 0. The van der Waals surface area contributed by atoms with E-state index in [2.05, 4.69) is 30.6 Å². The molecule has 0 aliphatic carbocycles. The third-order valence-corrected chi connectivity index (χ3v) is 4.00. The molecule has 0 unspecified atom stereocenters. The summed E-state index contributed by atoms with van der Waals surface area (Å²) >= 11 is 1.64. The minimum Gasteiger partial charge on any atom is -0.461 e. The SMILES string of the molecule is C=CCn1c(SCCOCCC(C)C)nnc1-c1ccco1. The molecule has 0 aromatic carbocycles. The molecule has 120 valence electrons. The summed E-state index contributed by atoms with van der Waals surface area (Å²) < 4.78 is 13.0. The van der Waals surface area contributed by atoms with Crippen molar-refractivity contribution < 1.29 is 9.15 Å². The minimum atomic E-state index is 0.652. The summed E-state index contributed by atoms with van der Waals surface area (Å²) in [5, 5.41) is 9.33. The number of aromatic nitrogens is 3. The Morgan fingerprint density at radius 2 is 2.27 bits per heavy atom. The Morgan fingerprint density at radius 1 is 1.41 bits per heavy atom. The maximum Gasteiger partial charge on any atom is 0.200 e. The largest absolute Gasteiger partial charge is 0.461 e. The lowest BCUT2D eigenvalue weighted by atomic mass is 10.1. The summed E-state index contributed by atoms with van der Waals surface area (Å²) in [5.74, 6) is 2.98. The van der Waals surface area contributed by atoms with E-state index in [1.807, 2.05) is 22.8 Å². The third-order valence-electron chi connectivity index (χ3n) is 3.07. The van der Waals surface area contributed by atoms with Gasteiger partial charge in [0.15, 0.2) is 10.9 Å². The average molecular weight is 321 g/mol. The highest BCUT2D eigenvalue weighted by Gasteiger charge is 2.15. The van der Waals surface area contributed by atoms with Crippen LogP contribution in [0.3, 0.4) is 0 Å². The number of furan rings is 1. The molecule has 0 saturated carbocycles. The summed E-state index contributed by atoms with van der Waals surface area (Å²) in [5.41, 5.74) is 0. The Labute approximate surface area is 135 Å². The molecule has 6 heteroatoms. The summed E-state index contributed by atoms with van der Waals surface area (Å²) in [6.07, 6.45) is 4.57. The van der Waals surface area contributed by atoms with Crippen molar-refractivity contribution in [3.8, 4) is 11.6 Å². The molecule has 2 heterocycles. The van der Waals surface area contributed by atoms with Crippen LogP contribution in [-0.4, -0.2) is 33.7 Å².